The van der Waals surface area contributed by atoms with E-state index in [9.17, 15) is 9.59 Å². The first kappa shape index (κ1) is 14.4. The van der Waals surface area contributed by atoms with Crippen LogP contribution in [0.25, 0.3) is 0 Å². The van der Waals surface area contributed by atoms with Crippen molar-refractivity contribution in [1.82, 2.24) is 0 Å². The number of hydrogen-bond donors (Lipinski definition) is 0. The zero-order valence-electron chi connectivity index (χ0n) is 10.3. The van der Waals surface area contributed by atoms with Crippen molar-refractivity contribution in [2.24, 2.45) is 0 Å². The molecule has 0 spiro atoms. The van der Waals surface area contributed by atoms with Gasteiger partial charge in [-0.1, -0.05) is 12.2 Å². The van der Waals surface area contributed by atoms with E-state index in [1.807, 2.05) is 13.8 Å². The van der Waals surface area contributed by atoms with Crippen LogP contribution in [0.5, 0.6) is 0 Å². The highest BCUT2D eigenvalue weighted by Crippen LogP contribution is 2.03. The molecule has 0 fully saturated rings. The van der Waals surface area contributed by atoms with Gasteiger partial charge in [-0.3, -0.25) is 0 Å². The average molecular weight is 226 g/mol. The third-order valence-electron chi connectivity index (χ3n) is 1.95. The lowest BCUT2D eigenvalue weighted by Gasteiger charge is -2.07. The minimum atomic E-state index is -0.477. The molecule has 0 aliphatic carbocycles. The first-order valence-corrected chi connectivity index (χ1v) is 5.00. The van der Waals surface area contributed by atoms with Gasteiger partial charge in [-0.25, -0.2) is 9.59 Å². The second-order valence-electron chi connectivity index (χ2n) is 3.68. The van der Waals surface area contributed by atoms with Gasteiger partial charge >= 0.3 is 11.9 Å². The molecular weight excluding hydrogens is 208 g/mol. The van der Waals surface area contributed by atoms with Crippen molar-refractivity contribution in [2.45, 2.75) is 27.7 Å². The smallest absolute Gasteiger partial charge is 0.333 e. The predicted octanol–water partition coefficient (Wildman–Crippen LogP) is 2.01. The monoisotopic (exact) mass is 226 g/mol. The Morgan fingerprint density at radius 1 is 0.938 bits per heavy atom. The maximum absolute atomic E-state index is 11.3. The van der Waals surface area contributed by atoms with E-state index in [4.69, 9.17) is 9.47 Å². The predicted molar refractivity (Wildman–Crippen MR) is 60.8 cm³/mol. The topological polar surface area (TPSA) is 52.6 Å². The van der Waals surface area contributed by atoms with Gasteiger partial charge in [0.25, 0.3) is 0 Å². The molecule has 0 bridgehead atoms. The first-order valence-electron chi connectivity index (χ1n) is 5.00. The number of rotatable bonds is 5. The van der Waals surface area contributed by atoms with Gasteiger partial charge in [0, 0.05) is 11.1 Å². The molecule has 0 aromatic heterocycles. The van der Waals surface area contributed by atoms with Crippen LogP contribution >= 0.6 is 0 Å². The summed E-state index contributed by atoms with van der Waals surface area (Å²) in [5.74, 6) is -0.860. The summed E-state index contributed by atoms with van der Waals surface area (Å²) < 4.78 is 9.65. The van der Waals surface area contributed by atoms with Crippen LogP contribution in [0.4, 0.5) is 0 Å². The third-order valence-corrected chi connectivity index (χ3v) is 1.95. The van der Waals surface area contributed by atoms with Crippen molar-refractivity contribution in [2.75, 3.05) is 13.2 Å². The largest absolute Gasteiger partial charge is 0.459 e. The van der Waals surface area contributed by atoms with Crippen molar-refractivity contribution < 1.29 is 19.1 Å². The van der Waals surface area contributed by atoms with Crippen LogP contribution in [0.1, 0.15) is 27.7 Å². The van der Waals surface area contributed by atoms with Gasteiger partial charge in [0.05, 0.1) is 0 Å². The molecular formula is C12H18O4. The summed E-state index contributed by atoms with van der Waals surface area (Å²) in [6.07, 6.45) is 0. The fourth-order valence-corrected chi connectivity index (χ4v) is 0.704. The lowest BCUT2D eigenvalue weighted by molar-refractivity contribution is -0.147. The van der Waals surface area contributed by atoms with Crippen molar-refractivity contribution in [3.63, 3.8) is 0 Å². The Balaban J connectivity index is 3.85. The molecule has 0 heterocycles. The minimum Gasteiger partial charge on any atom is -0.459 e. The highest BCUT2D eigenvalue weighted by Gasteiger charge is 2.08. The normalized spacial score (nSPS) is 9.25. The van der Waals surface area contributed by atoms with Crippen molar-refractivity contribution >= 4 is 11.9 Å². The number of allylic oxidation sites excluding steroid dienone is 1. The second-order valence-corrected chi connectivity index (χ2v) is 3.68. The second kappa shape index (κ2) is 6.82. The molecule has 0 N–H and O–H groups in total. The molecule has 0 aromatic rings. The van der Waals surface area contributed by atoms with Gasteiger partial charge in [-0.15, -0.1) is 0 Å². The van der Waals surface area contributed by atoms with Gasteiger partial charge in [0.2, 0.25) is 0 Å². The zero-order chi connectivity index (χ0) is 12.7. The van der Waals surface area contributed by atoms with Crippen LogP contribution in [0.15, 0.2) is 23.3 Å². The van der Waals surface area contributed by atoms with E-state index < -0.39 is 5.97 Å². The molecule has 4 nitrogen and oxygen atoms in total. The number of ether oxygens (including phenoxy) is 2. The molecule has 0 aromatic carbocycles. The van der Waals surface area contributed by atoms with E-state index in [1.54, 1.807) is 13.8 Å². The van der Waals surface area contributed by atoms with Gasteiger partial charge in [-0.05, 0) is 27.7 Å². The van der Waals surface area contributed by atoms with E-state index in [1.165, 1.54) is 0 Å². The molecule has 0 amide bonds. The van der Waals surface area contributed by atoms with Gasteiger partial charge in [0.1, 0.15) is 13.2 Å². The zero-order valence-corrected chi connectivity index (χ0v) is 10.3. The van der Waals surface area contributed by atoms with Crippen LogP contribution < -0.4 is 0 Å². The summed E-state index contributed by atoms with van der Waals surface area (Å²) in [4.78, 5) is 22.3. The summed E-state index contributed by atoms with van der Waals surface area (Å²) in [5, 5.41) is 0. The molecule has 4 heteroatoms. The van der Waals surface area contributed by atoms with Crippen LogP contribution in [0, 0.1) is 0 Å². The minimum absolute atomic E-state index is 0.0491. The van der Waals surface area contributed by atoms with Gasteiger partial charge in [0.15, 0.2) is 0 Å². The molecule has 16 heavy (non-hydrogen) atoms. The number of esters is 2. The molecule has 90 valence electrons. The Labute approximate surface area is 95.9 Å². The van der Waals surface area contributed by atoms with Gasteiger partial charge < -0.3 is 9.47 Å². The highest BCUT2D eigenvalue weighted by molar-refractivity contribution is 5.88. The third kappa shape index (κ3) is 5.34. The fraction of sp³-hybridized carbons (Fsp3) is 0.500. The van der Waals surface area contributed by atoms with Crippen molar-refractivity contribution in [1.29, 1.82) is 0 Å². The van der Waals surface area contributed by atoms with E-state index in [0.29, 0.717) is 11.1 Å². The van der Waals surface area contributed by atoms with E-state index in [2.05, 4.69) is 6.58 Å². The molecule has 0 saturated carbocycles. The summed E-state index contributed by atoms with van der Waals surface area (Å²) in [6, 6.07) is 0. The van der Waals surface area contributed by atoms with Crippen molar-refractivity contribution in [3.05, 3.63) is 23.3 Å². The SMILES string of the molecule is C=C(C)C(=O)OCCOC(=O)C(C)=C(C)C. The van der Waals surface area contributed by atoms with Crippen LogP contribution in [-0.2, 0) is 19.1 Å². The number of hydrogen-bond acceptors (Lipinski definition) is 4. The standard InChI is InChI=1S/C12H18O4/c1-8(2)10(5)12(14)16-7-6-15-11(13)9(3)4/h3,6-7H2,1-2,4-5H3. The van der Waals surface area contributed by atoms with Crippen LogP contribution in [-0.4, -0.2) is 25.2 Å². The maximum Gasteiger partial charge on any atom is 0.333 e. The summed E-state index contributed by atoms with van der Waals surface area (Å²) >= 11 is 0. The molecule has 0 aliphatic rings. The van der Waals surface area contributed by atoms with Crippen LogP contribution in [0.2, 0.25) is 0 Å². The summed E-state index contributed by atoms with van der Waals surface area (Å²) in [5.41, 5.74) is 1.81. The average Bonchev–Trinajstić information content (AvgIpc) is 2.22. The van der Waals surface area contributed by atoms with E-state index >= 15 is 0 Å². The Kier molecular flexibility index (Phi) is 6.15. The molecule has 0 rings (SSSR count). The van der Waals surface area contributed by atoms with Crippen molar-refractivity contribution in [3.8, 4) is 0 Å². The van der Waals surface area contributed by atoms with E-state index in [0.717, 1.165) is 5.57 Å². The van der Waals surface area contributed by atoms with E-state index in [-0.39, 0.29) is 19.2 Å². The molecule has 0 unspecified atom stereocenters. The fourth-order valence-electron chi connectivity index (χ4n) is 0.704. The Bertz CT molecular complexity index is 322. The maximum atomic E-state index is 11.3. The highest BCUT2D eigenvalue weighted by atomic mass is 16.6. The Morgan fingerprint density at radius 3 is 1.75 bits per heavy atom. The van der Waals surface area contributed by atoms with Gasteiger partial charge in [-0.2, -0.15) is 0 Å². The molecule has 0 saturated heterocycles. The summed E-state index contributed by atoms with van der Waals surface area (Å²) in [7, 11) is 0. The number of carbonyl (C=O) groups is 2. The quantitative estimate of drug-likeness (QED) is 0.409. The molecule has 0 aliphatic heterocycles. The Hall–Kier alpha value is -1.58. The molecule has 0 atom stereocenters. The first-order chi connectivity index (χ1) is 7.36. The molecule has 0 radical (unpaired) electrons. The van der Waals surface area contributed by atoms with Crippen LogP contribution in [0.3, 0.4) is 0 Å². The number of carbonyl (C=O) groups excluding carboxylic acids is 2. The Morgan fingerprint density at radius 2 is 1.38 bits per heavy atom. The lowest BCUT2D eigenvalue weighted by Crippen LogP contribution is -2.15. The summed E-state index contributed by atoms with van der Waals surface area (Å²) in [6.45, 7) is 10.4. The lowest BCUT2D eigenvalue weighted by atomic mass is 10.2.